The van der Waals surface area contributed by atoms with Crippen LogP contribution in [-0.2, 0) is 16.1 Å². The number of para-hydroxylation sites is 1. The second-order valence-electron chi connectivity index (χ2n) is 6.87. The Balaban J connectivity index is 1.47. The summed E-state index contributed by atoms with van der Waals surface area (Å²) >= 11 is 1.60. The van der Waals surface area contributed by atoms with Crippen molar-refractivity contribution < 1.29 is 19.4 Å². The van der Waals surface area contributed by atoms with E-state index in [4.69, 9.17) is 4.74 Å². The molecule has 136 valence electrons. The normalized spacial score (nSPS) is 24.4. The maximum atomic E-state index is 12.3. The highest BCUT2D eigenvalue weighted by Gasteiger charge is 2.56. The first kappa shape index (κ1) is 17.1. The maximum absolute atomic E-state index is 12.3. The fourth-order valence-electron chi connectivity index (χ4n) is 3.91. The van der Waals surface area contributed by atoms with Crippen molar-refractivity contribution in [2.24, 2.45) is 5.41 Å². The van der Waals surface area contributed by atoms with Crippen molar-refractivity contribution in [1.29, 1.82) is 0 Å². The second kappa shape index (κ2) is 6.74. The Morgan fingerprint density at radius 2 is 2.15 bits per heavy atom. The summed E-state index contributed by atoms with van der Waals surface area (Å²) in [5.41, 5.74) is -0.0785. The molecule has 2 aliphatic heterocycles. The Morgan fingerprint density at radius 1 is 1.31 bits per heavy atom. The van der Waals surface area contributed by atoms with E-state index in [1.54, 1.807) is 11.3 Å². The third-order valence-electron chi connectivity index (χ3n) is 5.23. The number of carboxylic acids is 1. The largest absolute Gasteiger partial charge is 0.492 e. The van der Waals surface area contributed by atoms with Crippen molar-refractivity contribution in [3.63, 3.8) is 0 Å². The summed E-state index contributed by atoms with van der Waals surface area (Å²) in [7, 11) is 0. The van der Waals surface area contributed by atoms with Gasteiger partial charge in [0.2, 0.25) is 5.91 Å². The molecule has 0 bridgehead atoms. The summed E-state index contributed by atoms with van der Waals surface area (Å²) in [5.74, 6) is -0.376. The van der Waals surface area contributed by atoms with Crippen LogP contribution in [0.25, 0.3) is 0 Å². The van der Waals surface area contributed by atoms with Crippen LogP contribution in [0.3, 0.4) is 0 Å². The van der Waals surface area contributed by atoms with Crippen LogP contribution >= 0.6 is 11.3 Å². The van der Waals surface area contributed by atoms with Crippen molar-refractivity contribution in [3.8, 4) is 5.75 Å². The van der Waals surface area contributed by atoms with Gasteiger partial charge in [-0.3, -0.25) is 14.5 Å². The van der Waals surface area contributed by atoms with Crippen LogP contribution in [0.1, 0.15) is 16.4 Å². The van der Waals surface area contributed by atoms with Gasteiger partial charge in [-0.15, -0.1) is 11.3 Å². The highest BCUT2D eigenvalue weighted by atomic mass is 32.1. The number of nitrogens with one attached hydrogen (secondary N) is 1. The number of benzene rings is 1. The Morgan fingerprint density at radius 3 is 2.92 bits per heavy atom. The van der Waals surface area contributed by atoms with Crippen molar-refractivity contribution in [1.82, 2.24) is 10.2 Å². The highest BCUT2D eigenvalue weighted by molar-refractivity contribution is 7.09. The van der Waals surface area contributed by atoms with Gasteiger partial charge in [0.05, 0.1) is 13.1 Å². The molecule has 1 amide bonds. The van der Waals surface area contributed by atoms with Crippen molar-refractivity contribution in [2.75, 3.05) is 26.2 Å². The van der Waals surface area contributed by atoms with E-state index < -0.39 is 11.4 Å². The van der Waals surface area contributed by atoms with Gasteiger partial charge in [-0.05, 0) is 23.1 Å². The number of hydrogen-bond donors (Lipinski definition) is 2. The standard InChI is InChI=1S/C19H20N2O4S/c22-17(20-8-13-4-3-7-26-13)10-21-9-15-14-5-1-2-6-16(14)25-12-19(15,11-21)18(23)24/h1-7,15H,8-12H2,(H,20,22)(H,23,24)/t15-,19-/m0/s1. The van der Waals surface area contributed by atoms with E-state index in [2.05, 4.69) is 5.32 Å². The molecular formula is C19H20N2O4S. The van der Waals surface area contributed by atoms with Gasteiger partial charge < -0.3 is 15.2 Å². The Bertz CT molecular complexity index is 823. The van der Waals surface area contributed by atoms with Gasteiger partial charge >= 0.3 is 5.97 Å². The third-order valence-corrected chi connectivity index (χ3v) is 6.10. The molecule has 2 aromatic rings. The first-order valence-electron chi connectivity index (χ1n) is 8.55. The first-order chi connectivity index (χ1) is 12.6. The van der Waals surface area contributed by atoms with E-state index in [-0.39, 0.29) is 25.0 Å². The predicted molar refractivity (Wildman–Crippen MR) is 97.4 cm³/mol. The minimum absolute atomic E-state index is 0.0909. The number of ether oxygens (including phenoxy) is 1. The van der Waals surface area contributed by atoms with Gasteiger partial charge in [0.15, 0.2) is 0 Å². The number of aliphatic carboxylic acids is 1. The molecule has 3 heterocycles. The van der Waals surface area contributed by atoms with Crippen molar-refractivity contribution in [2.45, 2.75) is 12.5 Å². The van der Waals surface area contributed by atoms with Crippen LogP contribution in [0.2, 0.25) is 0 Å². The van der Waals surface area contributed by atoms with Gasteiger partial charge in [0.1, 0.15) is 17.8 Å². The fourth-order valence-corrected chi connectivity index (χ4v) is 4.56. The van der Waals surface area contributed by atoms with Gasteiger partial charge in [0, 0.05) is 23.9 Å². The molecule has 0 unspecified atom stereocenters. The van der Waals surface area contributed by atoms with Crippen LogP contribution in [0, 0.1) is 5.41 Å². The fraction of sp³-hybridized carbons (Fsp3) is 0.368. The van der Waals surface area contributed by atoms with Crippen LogP contribution in [0.5, 0.6) is 5.75 Å². The van der Waals surface area contributed by atoms with Crippen LogP contribution in [0.15, 0.2) is 41.8 Å². The van der Waals surface area contributed by atoms with E-state index in [0.717, 1.165) is 16.2 Å². The molecular weight excluding hydrogens is 352 g/mol. The van der Waals surface area contributed by atoms with E-state index in [1.165, 1.54) is 0 Å². The molecule has 4 rings (SSSR count). The molecule has 0 saturated carbocycles. The number of hydrogen-bond acceptors (Lipinski definition) is 5. The zero-order valence-corrected chi connectivity index (χ0v) is 15.0. The SMILES string of the molecule is O=C(CN1C[C@H]2c3ccccc3OC[C@@]2(C(=O)O)C1)NCc1cccs1. The van der Waals surface area contributed by atoms with Crippen LogP contribution in [0.4, 0.5) is 0 Å². The molecule has 2 aliphatic rings. The summed E-state index contributed by atoms with van der Waals surface area (Å²) in [6.45, 7) is 1.69. The Hall–Kier alpha value is -2.38. The molecule has 1 saturated heterocycles. The summed E-state index contributed by atoms with van der Waals surface area (Å²) in [6.07, 6.45) is 0. The van der Waals surface area contributed by atoms with Gasteiger partial charge in [-0.1, -0.05) is 24.3 Å². The average molecular weight is 372 g/mol. The number of carboxylic acid groups (broad SMARTS) is 1. The predicted octanol–water partition coefficient (Wildman–Crippen LogP) is 1.93. The van der Waals surface area contributed by atoms with Gasteiger partial charge in [-0.2, -0.15) is 0 Å². The topological polar surface area (TPSA) is 78.9 Å². The number of thiophene rings is 1. The number of carbonyl (C=O) groups is 2. The van der Waals surface area contributed by atoms with Crippen LogP contribution in [-0.4, -0.2) is 48.1 Å². The average Bonchev–Trinajstić information content (AvgIpc) is 3.28. The quantitative estimate of drug-likeness (QED) is 0.838. The highest BCUT2D eigenvalue weighted by Crippen LogP contribution is 2.49. The molecule has 6 nitrogen and oxygen atoms in total. The molecule has 1 aromatic carbocycles. The summed E-state index contributed by atoms with van der Waals surface area (Å²) < 4.78 is 5.75. The van der Waals surface area contributed by atoms with E-state index in [0.29, 0.717) is 19.6 Å². The van der Waals surface area contributed by atoms with Crippen molar-refractivity contribution >= 4 is 23.2 Å². The zero-order valence-electron chi connectivity index (χ0n) is 14.2. The lowest BCUT2D eigenvalue weighted by Crippen LogP contribution is -2.46. The summed E-state index contributed by atoms with van der Waals surface area (Å²) in [5, 5.41) is 14.8. The number of fused-ring (bicyclic) bond motifs is 3. The summed E-state index contributed by atoms with van der Waals surface area (Å²) in [4.78, 5) is 27.4. The number of rotatable bonds is 5. The smallest absolute Gasteiger partial charge is 0.315 e. The lowest BCUT2D eigenvalue weighted by Gasteiger charge is -2.35. The molecule has 7 heteroatoms. The minimum Gasteiger partial charge on any atom is -0.492 e. The Kier molecular flexibility index (Phi) is 4.42. The van der Waals surface area contributed by atoms with Gasteiger partial charge in [0.25, 0.3) is 0 Å². The molecule has 1 aromatic heterocycles. The number of carbonyl (C=O) groups excluding carboxylic acids is 1. The number of likely N-dealkylation sites (tertiary alicyclic amines) is 1. The van der Waals surface area contributed by atoms with E-state index in [9.17, 15) is 14.7 Å². The van der Waals surface area contributed by atoms with Crippen LogP contribution < -0.4 is 10.1 Å². The lowest BCUT2D eigenvalue weighted by molar-refractivity contribution is -0.152. The minimum atomic E-state index is -0.998. The molecule has 1 fully saturated rings. The molecule has 0 radical (unpaired) electrons. The number of amides is 1. The molecule has 0 spiro atoms. The first-order valence-corrected chi connectivity index (χ1v) is 9.43. The molecule has 0 aliphatic carbocycles. The molecule has 2 N–H and O–H groups in total. The van der Waals surface area contributed by atoms with Crippen molar-refractivity contribution in [3.05, 3.63) is 52.2 Å². The third kappa shape index (κ3) is 2.97. The van der Waals surface area contributed by atoms with Gasteiger partial charge in [-0.25, -0.2) is 0 Å². The van der Waals surface area contributed by atoms with E-state index in [1.807, 2.05) is 46.7 Å². The number of nitrogens with zero attached hydrogens (tertiary/aromatic N) is 1. The second-order valence-corrected chi connectivity index (χ2v) is 7.90. The zero-order chi connectivity index (χ0) is 18.1. The summed E-state index contributed by atoms with van der Waals surface area (Å²) in [6, 6.07) is 11.5. The monoisotopic (exact) mass is 372 g/mol. The maximum Gasteiger partial charge on any atom is 0.315 e. The molecule has 2 atom stereocenters. The lowest BCUT2D eigenvalue weighted by atomic mass is 9.73. The molecule has 26 heavy (non-hydrogen) atoms. The van der Waals surface area contributed by atoms with E-state index >= 15 is 0 Å². The Labute approximate surface area is 155 Å².